The Morgan fingerprint density at radius 1 is 1.06 bits per heavy atom. The van der Waals surface area contributed by atoms with Gasteiger partial charge in [0.15, 0.2) is 0 Å². The SMILES string of the molecule is CC(C)NC(CO)CCN1CCCCCCC1. The molecule has 3 nitrogen and oxygen atoms in total. The zero-order chi connectivity index (χ0) is 12.5. The summed E-state index contributed by atoms with van der Waals surface area (Å²) in [5.41, 5.74) is 0. The molecule has 1 heterocycles. The van der Waals surface area contributed by atoms with E-state index in [0.717, 1.165) is 13.0 Å². The summed E-state index contributed by atoms with van der Waals surface area (Å²) in [6.45, 7) is 8.16. The van der Waals surface area contributed by atoms with E-state index < -0.39 is 0 Å². The van der Waals surface area contributed by atoms with Crippen molar-refractivity contribution in [3.05, 3.63) is 0 Å². The summed E-state index contributed by atoms with van der Waals surface area (Å²) in [7, 11) is 0. The standard InChI is InChI=1S/C14H30N2O/c1-13(2)15-14(12-17)8-11-16-9-6-4-3-5-7-10-16/h13-15,17H,3-12H2,1-2H3. The van der Waals surface area contributed by atoms with Crippen LogP contribution in [0.15, 0.2) is 0 Å². The summed E-state index contributed by atoms with van der Waals surface area (Å²) >= 11 is 0. The predicted molar refractivity (Wildman–Crippen MR) is 73.3 cm³/mol. The maximum atomic E-state index is 9.32. The zero-order valence-corrected chi connectivity index (χ0v) is 11.6. The molecule has 0 aromatic rings. The fourth-order valence-electron chi connectivity index (χ4n) is 2.57. The third-order valence-electron chi connectivity index (χ3n) is 3.53. The fraction of sp³-hybridized carbons (Fsp3) is 1.00. The Labute approximate surface area is 107 Å². The minimum absolute atomic E-state index is 0.256. The summed E-state index contributed by atoms with van der Waals surface area (Å²) in [5.74, 6) is 0. The first-order valence-corrected chi connectivity index (χ1v) is 7.31. The van der Waals surface area contributed by atoms with E-state index in [2.05, 4.69) is 24.1 Å². The van der Waals surface area contributed by atoms with Gasteiger partial charge in [-0.15, -0.1) is 0 Å². The number of hydrogen-bond donors (Lipinski definition) is 2. The highest BCUT2D eigenvalue weighted by Gasteiger charge is 2.12. The summed E-state index contributed by atoms with van der Waals surface area (Å²) in [4.78, 5) is 2.57. The molecule has 1 fully saturated rings. The quantitative estimate of drug-likeness (QED) is 0.748. The largest absolute Gasteiger partial charge is 0.395 e. The molecule has 0 aromatic heterocycles. The Hall–Kier alpha value is -0.120. The summed E-state index contributed by atoms with van der Waals surface area (Å²) < 4.78 is 0. The van der Waals surface area contributed by atoms with Crippen LogP contribution in [-0.2, 0) is 0 Å². The number of aliphatic hydroxyl groups is 1. The van der Waals surface area contributed by atoms with Crippen molar-refractivity contribution >= 4 is 0 Å². The van der Waals surface area contributed by atoms with E-state index in [1.807, 2.05) is 0 Å². The van der Waals surface area contributed by atoms with Gasteiger partial charge in [-0.1, -0.05) is 33.1 Å². The van der Waals surface area contributed by atoms with Crippen molar-refractivity contribution in [2.45, 2.75) is 64.5 Å². The first kappa shape index (κ1) is 14.9. The first-order valence-electron chi connectivity index (χ1n) is 7.31. The zero-order valence-electron chi connectivity index (χ0n) is 11.6. The van der Waals surface area contributed by atoms with E-state index in [0.29, 0.717) is 6.04 Å². The molecule has 1 atom stereocenters. The molecule has 1 saturated heterocycles. The number of nitrogens with zero attached hydrogens (tertiary/aromatic N) is 1. The molecule has 102 valence electrons. The van der Waals surface area contributed by atoms with Gasteiger partial charge in [-0.05, 0) is 38.9 Å². The number of hydrogen-bond acceptors (Lipinski definition) is 3. The second kappa shape index (κ2) is 8.90. The molecule has 0 bridgehead atoms. The average molecular weight is 242 g/mol. The number of aliphatic hydroxyl groups excluding tert-OH is 1. The normalized spacial score (nSPS) is 21.2. The minimum atomic E-state index is 0.256. The van der Waals surface area contributed by atoms with E-state index in [4.69, 9.17) is 0 Å². The average Bonchev–Trinajstić information content (AvgIpc) is 2.25. The van der Waals surface area contributed by atoms with E-state index >= 15 is 0 Å². The lowest BCUT2D eigenvalue weighted by molar-refractivity contribution is 0.192. The second-order valence-corrected chi connectivity index (χ2v) is 5.60. The van der Waals surface area contributed by atoms with Gasteiger partial charge in [-0.25, -0.2) is 0 Å². The van der Waals surface area contributed by atoms with Gasteiger partial charge in [-0.2, -0.15) is 0 Å². The Morgan fingerprint density at radius 2 is 1.65 bits per heavy atom. The lowest BCUT2D eigenvalue weighted by Gasteiger charge is -2.27. The van der Waals surface area contributed by atoms with Gasteiger partial charge in [0.25, 0.3) is 0 Å². The van der Waals surface area contributed by atoms with Gasteiger partial charge in [0.1, 0.15) is 0 Å². The highest BCUT2D eigenvalue weighted by atomic mass is 16.3. The Morgan fingerprint density at radius 3 is 2.18 bits per heavy atom. The van der Waals surface area contributed by atoms with Crippen LogP contribution >= 0.6 is 0 Å². The Kier molecular flexibility index (Phi) is 7.82. The molecule has 0 radical (unpaired) electrons. The van der Waals surface area contributed by atoms with Gasteiger partial charge in [0.2, 0.25) is 0 Å². The van der Waals surface area contributed by atoms with Crippen LogP contribution in [0.5, 0.6) is 0 Å². The summed E-state index contributed by atoms with van der Waals surface area (Å²) in [6.07, 6.45) is 7.97. The molecule has 1 aliphatic heterocycles. The molecule has 3 heteroatoms. The Bertz CT molecular complexity index is 177. The number of nitrogens with one attached hydrogen (secondary N) is 1. The van der Waals surface area contributed by atoms with Crippen LogP contribution < -0.4 is 5.32 Å². The summed E-state index contributed by atoms with van der Waals surface area (Å²) in [6, 6.07) is 0.722. The first-order chi connectivity index (χ1) is 8.22. The van der Waals surface area contributed by atoms with Crippen LogP contribution in [0.2, 0.25) is 0 Å². The molecule has 0 spiro atoms. The molecule has 0 aromatic carbocycles. The summed E-state index contributed by atoms with van der Waals surface area (Å²) in [5, 5.41) is 12.7. The minimum Gasteiger partial charge on any atom is -0.395 e. The second-order valence-electron chi connectivity index (χ2n) is 5.60. The highest BCUT2D eigenvalue weighted by Crippen LogP contribution is 2.11. The fourth-order valence-corrected chi connectivity index (χ4v) is 2.57. The number of rotatable bonds is 6. The van der Waals surface area contributed by atoms with Gasteiger partial charge >= 0.3 is 0 Å². The van der Waals surface area contributed by atoms with Crippen molar-refractivity contribution in [2.24, 2.45) is 0 Å². The van der Waals surface area contributed by atoms with Crippen molar-refractivity contribution in [1.82, 2.24) is 10.2 Å². The maximum Gasteiger partial charge on any atom is 0.0585 e. The molecule has 2 N–H and O–H groups in total. The van der Waals surface area contributed by atoms with Crippen molar-refractivity contribution in [1.29, 1.82) is 0 Å². The molecule has 0 saturated carbocycles. The van der Waals surface area contributed by atoms with Crippen molar-refractivity contribution in [2.75, 3.05) is 26.2 Å². The van der Waals surface area contributed by atoms with Gasteiger partial charge in [-0.3, -0.25) is 0 Å². The molecular weight excluding hydrogens is 212 g/mol. The monoisotopic (exact) mass is 242 g/mol. The van der Waals surface area contributed by atoms with Crippen LogP contribution in [0.25, 0.3) is 0 Å². The lowest BCUT2D eigenvalue weighted by atomic mass is 10.1. The third kappa shape index (κ3) is 7.02. The maximum absolute atomic E-state index is 9.32. The van der Waals surface area contributed by atoms with Gasteiger partial charge in [0.05, 0.1) is 6.61 Å². The predicted octanol–water partition coefficient (Wildman–Crippen LogP) is 2.00. The Balaban J connectivity index is 2.21. The van der Waals surface area contributed by atoms with E-state index in [-0.39, 0.29) is 12.6 Å². The van der Waals surface area contributed by atoms with Crippen molar-refractivity contribution in [3.63, 3.8) is 0 Å². The molecule has 1 unspecified atom stereocenters. The third-order valence-corrected chi connectivity index (χ3v) is 3.53. The van der Waals surface area contributed by atoms with Crippen LogP contribution in [0.1, 0.15) is 52.4 Å². The lowest BCUT2D eigenvalue weighted by Crippen LogP contribution is -2.40. The van der Waals surface area contributed by atoms with Gasteiger partial charge < -0.3 is 15.3 Å². The smallest absolute Gasteiger partial charge is 0.0585 e. The number of likely N-dealkylation sites (tertiary alicyclic amines) is 1. The van der Waals surface area contributed by atoms with Crippen LogP contribution in [0.3, 0.4) is 0 Å². The molecule has 1 aliphatic rings. The van der Waals surface area contributed by atoms with Crippen LogP contribution in [-0.4, -0.2) is 48.3 Å². The molecule has 0 amide bonds. The molecule has 1 rings (SSSR count). The van der Waals surface area contributed by atoms with Gasteiger partial charge in [0, 0.05) is 12.1 Å². The molecular formula is C14H30N2O. The van der Waals surface area contributed by atoms with E-state index in [9.17, 15) is 5.11 Å². The molecule has 17 heavy (non-hydrogen) atoms. The van der Waals surface area contributed by atoms with E-state index in [1.165, 1.54) is 45.2 Å². The van der Waals surface area contributed by atoms with Crippen LogP contribution in [0, 0.1) is 0 Å². The van der Waals surface area contributed by atoms with Crippen molar-refractivity contribution < 1.29 is 5.11 Å². The highest BCUT2D eigenvalue weighted by molar-refractivity contribution is 4.71. The van der Waals surface area contributed by atoms with Crippen molar-refractivity contribution in [3.8, 4) is 0 Å². The van der Waals surface area contributed by atoms with E-state index in [1.54, 1.807) is 0 Å². The topological polar surface area (TPSA) is 35.5 Å². The molecule has 0 aliphatic carbocycles. The van der Waals surface area contributed by atoms with Crippen LogP contribution in [0.4, 0.5) is 0 Å².